The largest absolute Gasteiger partial charge is 0.481 e. The number of aliphatic carboxylic acids is 1. The second kappa shape index (κ2) is 5.91. The summed E-state index contributed by atoms with van der Waals surface area (Å²) in [7, 11) is 0. The van der Waals surface area contributed by atoms with E-state index in [-0.39, 0.29) is 18.2 Å². The quantitative estimate of drug-likeness (QED) is 0.940. The molecular formula is C18H19NO4. The molecule has 0 saturated heterocycles. The first-order valence-corrected chi connectivity index (χ1v) is 7.82. The Morgan fingerprint density at radius 1 is 1.26 bits per heavy atom. The van der Waals surface area contributed by atoms with Gasteiger partial charge in [0.1, 0.15) is 11.7 Å². The molecule has 1 aliphatic rings. The lowest BCUT2D eigenvalue weighted by Crippen LogP contribution is -2.31. The molecule has 120 valence electrons. The molecule has 1 N–H and O–H groups in total. The van der Waals surface area contributed by atoms with Crippen molar-refractivity contribution in [2.75, 3.05) is 11.4 Å². The van der Waals surface area contributed by atoms with Gasteiger partial charge in [0.25, 0.3) is 5.91 Å². The Labute approximate surface area is 134 Å². The fourth-order valence-electron chi connectivity index (χ4n) is 3.11. The van der Waals surface area contributed by atoms with Crippen LogP contribution >= 0.6 is 0 Å². The smallest absolute Gasteiger partial charge is 0.312 e. The maximum absolute atomic E-state index is 12.8. The van der Waals surface area contributed by atoms with Crippen molar-refractivity contribution in [2.24, 2.45) is 0 Å². The SMILES string of the molecule is CCc1cc(C(=O)N2CC(C(=O)O)c3ccccc32)oc1CC. The van der Waals surface area contributed by atoms with Gasteiger partial charge in [-0.2, -0.15) is 0 Å². The molecule has 0 aliphatic carbocycles. The number of aryl methyl sites for hydroxylation is 2. The highest BCUT2D eigenvalue weighted by Gasteiger charge is 2.37. The summed E-state index contributed by atoms with van der Waals surface area (Å²) in [5, 5.41) is 9.39. The fraction of sp³-hybridized carbons (Fsp3) is 0.333. The summed E-state index contributed by atoms with van der Waals surface area (Å²) in [5.41, 5.74) is 2.35. The van der Waals surface area contributed by atoms with Crippen LogP contribution in [0, 0.1) is 0 Å². The van der Waals surface area contributed by atoms with Gasteiger partial charge in [-0.25, -0.2) is 0 Å². The van der Waals surface area contributed by atoms with Crippen LogP contribution in [-0.2, 0) is 17.6 Å². The molecule has 2 aromatic rings. The first-order valence-electron chi connectivity index (χ1n) is 7.82. The van der Waals surface area contributed by atoms with Gasteiger partial charge in [-0.1, -0.05) is 32.0 Å². The summed E-state index contributed by atoms with van der Waals surface area (Å²) in [6.45, 7) is 4.14. The number of furan rings is 1. The lowest BCUT2D eigenvalue weighted by Gasteiger charge is -2.15. The Balaban J connectivity index is 1.97. The average molecular weight is 313 g/mol. The van der Waals surface area contributed by atoms with E-state index in [0.717, 1.165) is 24.2 Å². The zero-order valence-corrected chi connectivity index (χ0v) is 13.2. The van der Waals surface area contributed by atoms with Crippen LogP contribution in [0.15, 0.2) is 34.7 Å². The van der Waals surface area contributed by atoms with Crippen LogP contribution in [0.3, 0.4) is 0 Å². The number of carboxylic acids is 1. The molecule has 0 saturated carbocycles. The third kappa shape index (κ3) is 2.52. The third-order valence-corrected chi connectivity index (χ3v) is 4.32. The number of hydrogen-bond acceptors (Lipinski definition) is 3. The van der Waals surface area contributed by atoms with Crippen molar-refractivity contribution in [3.63, 3.8) is 0 Å². The van der Waals surface area contributed by atoms with E-state index in [9.17, 15) is 14.7 Å². The van der Waals surface area contributed by atoms with Crippen LogP contribution in [-0.4, -0.2) is 23.5 Å². The van der Waals surface area contributed by atoms with Gasteiger partial charge in [0.2, 0.25) is 0 Å². The predicted octanol–water partition coefficient (Wildman–Crippen LogP) is 3.23. The molecule has 2 heterocycles. The molecule has 5 heteroatoms. The molecule has 0 bridgehead atoms. The Hall–Kier alpha value is -2.56. The number of hydrogen-bond donors (Lipinski definition) is 1. The lowest BCUT2D eigenvalue weighted by atomic mass is 10.0. The lowest BCUT2D eigenvalue weighted by molar-refractivity contribution is -0.138. The molecule has 1 aliphatic heterocycles. The molecule has 0 radical (unpaired) electrons. The maximum Gasteiger partial charge on any atom is 0.312 e. The number of carboxylic acid groups (broad SMARTS) is 1. The van der Waals surface area contributed by atoms with E-state index in [0.29, 0.717) is 11.3 Å². The average Bonchev–Trinajstić information content (AvgIpc) is 3.15. The van der Waals surface area contributed by atoms with E-state index in [4.69, 9.17) is 4.42 Å². The zero-order chi connectivity index (χ0) is 16.6. The molecule has 1 amide bonds. The zero-order valence-electron chi connectivity index (χ0n) is 13.2. The van der Waals surface area contributed by atoms with Gasteiger partial charge >= 0.3 is 5.97 Å². The second-order valence-corrected chi connectivity index (χ2v) is 5.63. The number of amides is 1. The van der Waals surface area contributed by atoms with Crippen molar-refractivity contribution < 1.29 is 19.1 Å². The van der Waals surface area contributed by atoms with Crippen LogP contribution < -0.4 is 4.90 Å². The summed E-state index contributed by atoms with van der Waals surface area (Å²) >= 11 is 0. The number of carbonyl (C=O) groups excluding carboxylic acids is 1. The van der Waals surface area contributed by atoms with Crippen LogP contribution in [0.25, 0.3) is 0 Å². The number of fused-ring (bicyclic) bond motifs is 1. The Morgan fingerprint density at radius 2 is 2.00 bits per heavy atom. The van der Waals surface area contributed by atoms with Gasteiger partial charge < -0.3 is 14.4 Å². The number of carbonyl (C=O) groups is 2. The number of nitrogens with zero attached hydrogens (tertiary/aromatic N) is 1. The van der Waals surface area contributed by atoms with Crippen LogP contribution in [0.5, 0.6) is 0 Å². The highest BCUT2D eigenvalue weighted by atomic mass is 16.4. The Bertz CT molecular complexity index is 741. The van der Waals surface area contributed by atoms with E-state index in [2.05, 4.69) is 0 Å². The molecule has 1 aromatic carbocycles. The van der Waals surface area contributed by atoms with Crippen molar-refractivity contribution in [2.45, 2.75) is 32.6 Å². The topological polar surface area (TPSA) is 70.8 Å². The minimum Gasteiger partial charge on any atom is -0.481 e. The van der Waals surface area contributed by atoms with Crippen LogP contribution in [0.2, 0.25) is 0 Å². The van der Waals surface area contributed by atoms with Gasteiger partial charge in [0.15, 0.2) is 5.76 Å². The molecular weight excluding hydrogens is 294 g/mol. The summed E-state index contributed by atoms with van der Waals surface area (Å²) in [5.74, 6) is -0.801. The first-order chi connectivity index (χ1) is 11.1. The van der Waals surface area contributed by atoms with Crippen molar-refractivity contribution >= 4 is 17.6 Å². The minimum absolute atomic E-state index is 0.136. The summed E-state index contributed by atoms with van der Waals surface area (Å²) in [6, 6.07) is 8.91. The third-order valence-electron chi connectivity index (χ3n) is 4.32. The molecule has 5 nitrogen and oxygen atoms in total. The van der Waals surface area contributed by atoms with Crippen molar-refractivity contribution in [1.82, 2.24) is 0 Å². The molecule has 1 unspecified atom stereocenters. The standard InChI is InChI=1S/C18H19NO4/c1-3-11-9-16(23-15(11)4-2)17(20)19-10-13(18(21)22)12-7-5-6-8-14(12)19/h5-9,13H,3-4,10H2,1-2H3,(H,21,22). The fourth-order valence-corrected chi connectivity index (χ4v) is 3.11. The van der Waals surface area contributed by atoms with Crippen molar-refractivity contribution in [3.05, 3.63) is 53.0 Å². The van der Waals surface area contributed by atoms with Crippen molar-refractivity contribution in [3.8, 4) is 0 Å². The normalized spacial score (nSPS) is 16.4. The Kier molecular flexibility index (Phi) is 3.94. The van der Waals surface area contributed by atoms with E-state index in [1.165, 1.54) is 4.90 Å². The van der Waals surface area contributed by atoms with Gasteiger partial charge in [-0.05, 0) is 29.7 Å². The summed E-state index contributed by atoms with van der Waals surface area (Å²) in [4.78, 5) is 25.8. The predicted molar refractivity (Wildman–Crippen MR) is 86.0 cm³/mol. The Morgan fingerprint density at radius 3 is 2.61 bits per heavy atom. The number of benzene rings is 1. The van der Waals surface area contributed by atoms with Crippen molar-refractivity contribution in [1.29, 1.82) is 0 Å². The molecule has 3 rings (SSSR count). The van der Waals surface area contributed by atoms with Gasteiger partial charge in [-0.15, -0.1) is 0 Å². The van der Waals surface area contributed by atoms with E-state index in [1.807, 2.05) is 13.8 Å². The van der Waals surface area contributed by atoms with E-state index in [1.54, 1.807) is 30.3 Å². The first kappa shape index (κ1) is 15.3. The van der Waals surface area contributed by atoms with Gasteiger partial charge in [0.05, 0.1) is 0 Å². The highest BCUT2D eigenvalue weighted by Crippen LogP contribution is 2.37. The van der Waals surface area contributed by atoms with E-state index < -0.39 is 11.9 Å². The molecule has 1 atom stereocenters. The van der Waals surface area contributed by atoms with Gasteiger partial charge in [-0.3, -0.25) is 9.59 Å². The molecule has 1 aromatic heterocycles. The minimum atomic E-state index is -0.921. The van der Waals surface area contributed by atoms with Crippen LogP contribution in [0.1, 0.15) is 47.2 Å². The summed E-state index contributed by atoms with van der Waals surface area (Å²) < 4.78 is 5.70. The maximum atomic E-state index is 12.8. The number of rotatable bonds is 4. The molecule has 23 heavy (non-hydrogen) atoms. The monoisotopic (exact) mass is 313 g/mol. The van der Waals surface area contributed by atoms with Crippen LogP contribution in [0.4, 0.5) is 5.69 Å². The molecule has 0 fully saturated rings. The molecule has 0 spiro atoms. The number of para-hydroxylation sites is 1. The second-order valence-electron chi connectivity index (χ2n) is 5.63. The number of anilines is 1. The van der Waals surface area contributed by atoms with Gasteiger partial charge in [0, 0.05) is 18.7 Å². The summed E-state index contributed by atoms with van der Waals surface area (Å²) in [6.07, 6.45) is 1.53. The highest BCUT2D eigenvalue weighted by molar-refractivity contribution is 6.07. The van der Waals surface area contributed by atoms with E-state index >= 15 is 0 Å².